The van der Waals surface area contributed by atoms with Crippen molar-refractivity contribution in [2.75, 3.05) is 20.8 Å². The highest BCUT2D eigenvalue weighted by Gasteiger charge is 2.36. The van der Waals surface area contributed by atoms with Crippen LogP contribution in [0, 0.1) is 0 Å². The zero-order chi connectivity index (χ0) is 21.0. The van der Waals surface area contributed by atoms with E-state index >= 15 is 0 Å². The summed E-state index contributed by atoms with van der Waals surface area (Å²) in [7, 11) is 2.97. The molecule has 3 rings (SSSR count). The normalized spacial score (nSPS) is 16.0. The van der Waals surface area contributed by atoms with Crippen LogP contribution in [0.3, 0.4) is 0 Å². The Morgan fingerprint density at radius 3 is 2.45 bits per heavy atom. The van der Waals surface area contributed by atoms with Gasteiger partial charge in [0.15, 0.2) is 11.5 Å². The molecule has 8 nitrogen and oxygen atoms in total. The van der Waals surface area contributed by atoms with Crippen LogP contribution in [-0.2, 0) is 9.53 Å². The number of ether oxygens (including phenoxy) is 3. The topological polar surface area (TPSA) is 106 Å². The number of nitrogens with one attached hydrogen (secondary N) is 2. The van der Waals surface area contributed by atoms with Crippen LogP contribution in [0.1, 0.15) is 24.1 Å². The molecule has 1 heterocycles. The van der Waals surface area contributed by atoms with Crippen LogP contribution in [0.5, 0.6) is 17.2 Å². The molecule has 1 unspecified atom stereocenters. The number of para-hydroxylation sites is 1. The molecule has 2 aromatic rings. The molecular weight excluding hydrogens is 376 g/mol. The second-order valence-corrected chi connectivity index (χ2v) is 6.17. The number of rotatable bonds is 6. The third-order valence-electron chi connectivity index (χ3n) is 4.51. The minimum absolute atomic E-state index is 0.156. The lowest BCUT2D eigenvalue weighted by Crippen LogP contribution is -2.45. The molecule has 0 bridgehead atoms. The first kappa shape index (κ1) is 20.1. The Bertz CT molecular complexity index is 952. The van der Waals surface area contributed by atoms with E-state index in [4.69, 9.17) is 14.2 Å². The van der Waals surface area contributed by atoms with E-state index in [0.29, 0.717) is 22.6 Å². The first-order chi connectivity index (χ1) is 14.0. The summed E-state index contributed by atoms with van der Waals surface area (Å²) in [5.41, 5.74) is 1.37. The van der Waals surface area contributed by atoms with Gasteiger partial charge < -0.3 is 30.0 Å². The van der Waals surface area contributed by atoms with Gasteiger partial charge >= 0.3 is 12.0 Å². The van der Waals surface area contributed by atoms with Crippen LogP contribution in [0.15, 0.2) is 48.0 Å². The Hall–Kier alpha value is -3.68. The van der Waals surface area contributed by atoms with Gasteiger partial charge in [-0.15, -0.1) is 0 Å². The molecule has 8 heteroatoms. The van der Waals surface area contributed by atoms with Crippen LogP contribution in [-0.4, -0.2) is 37.9 Å². The number of amides is 2. The van der Waals surface area contributed by atoms with Crippen molar-refractivity contribution in [3.8, 4) is 17.2 Å². The van der Waals surface area contributed by atoms with Crippen molar-refractivity contribution in [3.05, 3.63) is 59.2 Å². The van der Waals surface area contributed by atoms with E-state index in [0.717, 1.165) is 0 Å². The van der Waals surface area contributed by atoms with E-state index < -0.39 is 18.0 Å². The molecule has 1 atom stereocenters. The van der Waals surface area contributed by atoms with Crippen molar-refractivity contribution in [2.45, 2.75) is 13.0 Å². The zero-order valence-corrected chi connectivity index (χ0v) is 16.3. The second kappa shape index (κ2) is 8.55. The summed E-state index contributed by atoms with van der Waals surface area (Å²) in [5.74, 6) is 0.0786. The summed E-state index contributed by atoms with van der Waals surface area (Å²) in [6.07, 6.45) is 0. The van der Waals surface area contributed by atoms with Gasteiger partial charge in [0.2, 0.25) is 0 Å². The Balaban J connectivity index is 2.20. The first-order valence-corrected chi connectivity index (χ1v) is 8.99. The third-order valence-corrected chi connectivity index (χ3v) is 4.51. The number of hydrogen-bond donors (Lipinski definition) is 3. The standard InChI is InChI=1S/C21H22N2O6/c1-4-29-20(25)16-17(12-8-10-13(27-2)11-9-12)22-21(26)23-18(16)14-6-5-7-15(28-3)19(14)24/h5-11,18,24H,4H2,1-3H3,(H2,22,23,26). The smallest absolute Gasteiger partial charge is 0.338 e. The van der Waals surface area contributed by atoms with Gasteiger partial charge in [0.05, 0.1) is 38.1 Å². The number of phenols is 1. The lowest BCUT2D eigenvalue weighted by Gasteiger charge is -2.30. The Morgan fingerprint density at radius 2 is 1.83 bits per heavy atom. The van der Waals surface area contributed by atoms with E-state index in [9.17, 15) is 14.7 Å². The number of hydrogen-bond acceptors (Lipinski definition) is 6. The van der Waals surface area contributed by atoms with E-state index in [2.05, 4.69) is 10.6 Å². The molecule has 2 aromatic carbocycles. The molecule has 0 spiro atoms. The summed E-state index contributed by atoms with van der Waals surface area (Å²) < 4.78 is 15.6. The molecule has 3 N–H and O–H groups in total. The number of esters is 1. The van der Waals surface area contributed by atoms with Crippen LogP contribution >= 0.6 is 0 Å². The average Bonchev–Trinajstić information content (AvgIpc) is 2.73. The Morgan fingerprint density at radius 1 is 1.10 bits per heavy atom. The van der Waals surface area contributed by atoms with E-state index in [-0.39, 0.29) is 23.7 Å². The van der Waals surface area contributed by atoms with Gasteiger partial charge in [-0.05, 0) is 42.8 Å². The van der Waals surface area contributed by atoms with Crippen molar-refractivity contribution < 1.29 is 28.9 Å². The van der Waals surface area contributed by atoms with E-state index in [1.165, 1.54) is 7.11 Å². The number of carbonyl (C=O) groups excluding carboxylic acids is 2. The minimum Gasteiger partial charge on any atom is -0.504 e. The predicted octanol–water partition coefficient (Wildman–Crippen LogP) is 2.74. The highest BCUT2D eigenvalue weighted by atomic mass is 16.5. The molecule has 0 saturated carbocycles. The van der Waals surface area contributed by atoms with Crippen LogP contribution < -0.4 is 20.1 Å². The average molecular weight is 398 g/mol. The fraction of sp³-hybridized carbons (Fsp3) is 0.238. The molecule has 0 aliphatic carbocycles. The molecule has 2 amide bonds. The quantitative estimate of drug-likeness (QED) is 0.646. The number of benzene rings is 2. The van der Waals surface area contributed by atoms with Crippen molar-refractivity contribution >= 4 is 17.7 Å². The summed E-state index contributed by atoms with van der Waals surface area (Å²) in [6, 6.07) is 10.3. The first-order valence-electron chi connectivity index (χ1n) is 8.99. The van der Waals surface area contributed by atoms with E-state index in [1.807, 2.05) is 0 Å². The fourth-order valence-electron chi connectivity index (χ4n) is 3.15. The van der Waals surface area contributed by atoms with Crippen molar-refractivity contribution in [1.82, 2.24) is 10.6 Å². The summed E-state index contributed by atoms with van der Waals surface area (Å²) >= 11 is 0. The third kappa shape index (κ3) is 3.96. The lowest BCUT2D eigenvalue weighted by atomic mass is 9.92. The molecule has 0 fully saturated rings. The van der Waals surface area contributed by atoms with Crippen molar-refractivity contribution in [1.29, 1.82) is 0 Å². The SMILES string of the molecule is CCOC(=O)C1=C(c2ccc(OC)cc2)NC(=O)NC1c1cccc(OC)c1O. The van der Waals surface area contributed by atoms with Crippen LogP contribution in [0.25, 0.3) is 5.70 Å². The van der Waals surface area contributed by atoms with Crippen LogP contribution in [0.4, 0.5) is 4.79 Å². The second-order valence-electron chi connectivity index (χ2n) is 6.17. The maximum atomic E-state index is 12.9. The summed E-state index contributed by atoms with van der Waals surface area (Å²) in [5, 5.41) is 16.0. The number of urea groups is 1. The number of aromatic hydroxyl groups is 1. The molecule has 1 aliphatic rings. The van der Waals surface area contributed by atoms with Gasteiger partial charge in [0, 0.05) is 5.56 Å². The number of methoxy groups -OCH3 is 2. The maximum Gasteiger partial charge on any atom is 0.338 e. The number of carbonyl (C=O) groups is 2. The summed E-state index contributed by atoms with van der Waals surface area (Å²) in [4.78, 5) is 25.3. The molecule has 0 aromatic heterocycles. The van der Waals surface area contributed by atoms with Crippen molar-refractivity contribution in [2.24, 2.45) is 0 Å². The number of phenolic OH excluding ortho intramolecular Hbond substituents is 1. The fourth-order valence-corrected chi connectivity index (χ4v) is 3.15. The zero-order valence-electron chi connectivity index (χ0n) is 16.3. The Kier molecular flexibility index (Phi) is 5.92. The van der Waals surface area contributed by atoms with Gasteiger partial charge in [-0.2, -0.15) is 0 Å². The van der Waals surface area contributed by atoms with Crippen molar-refractivity contribution in [3.63, 3.8) is 0 Å². The minimum atomic E-state index is -0.935. The molecule has 29 heavy (non-hydrogen) atoms. The molecule has 0 saturated heterocycles. The predicted molar refractivity (Wildman–Crippen MR) is 106 cm³/mol. The van der Waals surface area contributed by atoms with Gasteiger partial charge in [-0.3, -0.25) is 0 Å². The highest BCUT2D eigenvalue weighted by molar-refractivity contribution is 6.04. The van der Waals surface area contributed by atoms with E-state index in [1.54, 1.807) is 56.5 Å². The monoisotopic (exact) mass is 398 g/mol. The molecule has 152 valence electrons. The maximum absolute atomic E-state index is 12.9. The van der Waals surface area contributed by atoms with Gasteiger partial charge in [-0.25, -0.2) is 9.59 Å². The largest absolute Gasteiger partial charge is 0.504 e. The Labute approximate surface area is 168 Å². The highest BCUT2D eigenvalue weighted by Crippen LogP contribution is 2.39. The molecule has 1 aliphatic heterocycles. The molecule has 0 radical (unpaired) electrons. The van der Waals surface area contributed by atoms with Crippen LogP contribution in [0.2, 0.25) is 0 Å². The summed E-state index contributed by atoms with van der Waals surface area (Å²) in [6.45, 7) is 1.85. The van der Waals surface area contributed by atoms with Gasteiger partial charge in [0.1, 0.15) is 5.75 Å². The lowest BCUT2D eigenvalue weighted by molar-refractivity contribution is -0.138. The van der Waals surface area contributed by atoms with Gasteiger partial charge in [-0.1, -0.05) is 12.1 Å². The van der Waals surface area contributed by atoms with Gasteiger partial charge in [0.25, 0.3) is 0 Å². The molecular formula is C21H22N2O6.